The van der Waals surface area contributed by atoms with E-state index in [1.807, 2.05) is 4.90 Å². The molecule has 0 unspecified atom stereocenters. The van der Waals surface area contributed by atoms with Gasteiger partial charge in [-0.1, -0.05) is 19.3 Å². The van der Waals surface area contributed by atoms with Gasteiger partial charge in [0.15, 0.2) is 0 Å². The van der Waals surface area contributed by atoms with Gasteiger partial charge in [0.1, 0.15) is 0 Å². The quantitative estimate of drug-likeness (QED) is 0.724. The molecule has 0 bridgehead atoms. The minimum absolute atomic E-state index is 0.0751. The van der Waals surface area contributed by atoms with Gasteiger partial charge in [0, 0.05) is 6.04 Å². The van der Waals surface area contributed by atoms with Crippen LogP contribution in [0.3, 0.4) is 0 Å². The summed E-state index contributed by atoms with van der Waals surface area (Å²) in [5, 5.41) is 8.83. The van der Waals surface area contributed by atoms with E-state index in [-0.39, 0.29) is 6.54 Å². The Morgan fingerprint density at radius 3 is 2.50 bits per heavy atom. The Labute approximate surface area is 97.8 Å². The van der Waals surface area contributed by atoms with Gasteiger partial charge in [0.05, 0.1) is 13.1 Å². The van der Waals surface area contributed by atoms with E-state index in [0.29, 0.717) is 12.6 Å². The summed E-state index contributed by atoms with van der Waals surface area (Å²) in [6.07, 6.45) is 11.1. The smallest absolute Gasteiger partial charge is 0.317 e. The summed E-state index contributed by atoms with van der Waals surface area (Å²) in [5.41, 5.74) is 0. The molecule has 3 heteroatoms. The number of carboxylic acids is 1. The van der Waals surface area contributed by atoms with Gasteiger partial charge in [-0.05, 0) is 31.6 Å². The summed E-state index contributed by atoms with van der Waals surface area (Å²) < 4.78 is 0. The van der Waals surface area contributed by atoms with E-state index in [9.17, 15) is 4.79 Å². The van der Waals surface area contributed by atoms with Gasteiger partial charge >= 0.3 is 5.97 Å². The zero-order chi connectivity index (χ0) is 12.0. The molecule has 1 fully saturated rings. The first kappa shape index (κ1) is 13.1. The van der Waals surface area contributed by atoms with E-state index in [2.05, 4.69) is 12.8 Å². The Balaban J connectivity index is 2.46. The fraction of sp³-hybridized carbons (Fsp3) is 0.769. The summed E-state index contributed by atoms with van der Waals surface area (Å²) in [7, 11) is 0. The molecule has 0 atom stereocenters. The largest absolute Gasteiger partial charge is 0.480 e. The number of carboxylic acid groups (broad SMARTS) is 1. The van der Waals surface area contributed by atoms with E-state index < -0.39 is 5.97 Å². The second kappa shape index (κ2) is 6.55. The van der Waals surface area contributed by atoms with Crippen molar-refractivity contribution in [3.8, 4) is 12.3 Å². The molecule has 16 heavy (non-hydrogen) atoms. The molecule has 1 saturated carbocycles. The molecule has 0 heterocycles. The van der Waals surface area contributed by atoms with Crippen LogP contribution in [0.2, 0.25) is 0 Å². The zero-order valence-corrected chi connectivity index (χ0v) is 9.98. The molecule has 1 rings (SSSR count). The fourth-order valence-electron chi connectivity index (χ4n) is 2.52. The summed E-state index contributed by atoms with van der Waals surface area (Å²) >= 11 is 0. The number of carbonyl (C=O) groups is 1. The Morgan fingerprint density at radius 1 is 1.44 bits per heavy atom. The fourth-order valence-corrected chi connectivity index (χ4v) is 2.52. The SMILES string of the molecule is C#CCN(CC(=O)O)C1CCC(CC)CC1. The van der Waals surface area contributed by atoms with Crippen LogP contribution in [-0.4, -0.2) is 35.1 Å². The van der Waals surface area contributed by atoms with E-state index >= 15 is 0 Å². The first-order chi connectivity index (χ1) is 7.67. The number of terminal acetylenes is 1. The van der Waals surface area contributed by atoms with Crippen molar-refractivity contribution in [2.24, 2.45) is 5.92 Å². The molecular weight excluding hydrogens is 202 g/mol. The summed E-state index contributed by atoms with van der Waals surface area (Å²) in [6, 6.07) is 0.370. The summed E-state index contributed by atoms with van der Waals surface area (Å²) in [6.45, 7) is 2.75. The lowest BCUT2D eigenvalue weighted by molar-refractivity contribution is -0.138. The van der Waals surface area contributed by atoms with Gasteiger partial charge < -0.3 is 5.11 Å². The lowest BCUT2D eigenvalue weighted by atomic mass is 9.84. The Morgan fingerprint density at radius 2 is 2.06 bits per heavy atom. The lowest BCUT2D eigenvalue weighted by Crippen LogP contribution is -2.41. The molecule has 1 aliphatic rings. The predicted octanol–water partition coefficient (Wildman–Crippen LogP) is 1.97. The number of rotatable bonds is 5. The average Bonchev–Trinajstić information content (AvgIpc) is 2.28. The molecular formula is C13H21NO2. The highest BCUT2D eigenvalue weighted by Crippen LogP contribution is 2.29. The van der Waals surface area contributed by atoms with Gasteiger partial charge in [-0.3, -0.25) is 9.69 Å². The molecule has 1 aliphatic carbocycles. The van der Waals surface area contributed by atoms with E-state index in [1.54, 1.807) is 0 Å². The standard InChI is InChI=1S/C13H21NO2/c1-3-9-14(10-13(15)16)12-7-5-11(4-2)6-8-12/h1,11-12H,4-10H2,2H3,(H,15,16). The van der Waals surface area contributed by atoms with Crippen LogP contribution in [0.4, 0.5) is 0 Å². The van der Waals surface area contributed by atoms with Crippen molar-refractivity contribution in [1.29, 1.82) is 0 Å². The monoisotopic (exact) mass is 223 g/mol. The van der Waals surface area contributed by atoms with Crippen molar-refractivity contribution in [1.82, 2.24) is 4.90 Å². The lowest BCUT2D eigenvalue weighted by Gasteiger charge is -2.34. The normalized spacial score (nSPS) is 25.3. The predicted molar refractivity (Wildman–Crippen MR) is 64.1 cm³/mol. The third kappa shape index (κ3) is 3.86. The maximum atomic E-state index is 10.7. The highest BCUT2D eigenvalue weighted by atomic mass is 16.4. The molecule has 0 aromatic heterocycles. The van der Waals surface area contributed by atoms with Crippen LogP contribution in [0.5, 0.6) is 0 Å². The first-order valence-corrected chi connectivity index (χ1v) is 6.06. The second-order valence-electron chi connectivity index (χ2n) is 4.59. The van der Waals surface area contributed by atoms with Crippen LogP contribution in [-0.2, 0) is 4.79 Å². The van der Waals surface area contributed by atoms with Gasteiger partial charge in [0.25, 0.3) is 0 Å². The van der Waals surface area contributed by atoms with E-state index in [4.69, 9.17) is 11.5 Å². The summed E-state index contributed by atoms with van der Waals surface area (Å²) in [5.74, 6) is 2.60. The van der Waals surface area contributed by atoms with Crippen molar-refractivity contribution in [2.45, 2.75) is 45.1 Å². The van der Waals surface area contributed by atoms with Gasteiger partial charge in [-0.2, -0.15) is 0 Å². The topological polar surface area (TPSA) is 40.5 Å². The van der Waals surface area contributed by atoms with E-state index in [0.717, 1.165) is 18.8 Å². The number of nitrogens with zero attached hydrogens (tertiary/aromatic N) is 1. The minimum Gasteiger partial charge on any atom is -0.480 e. The van der Waals surface area contributed by atoms with Gasteiger partial charge in [0.2, 0.25) is 0 Å². The Kier molecular flexibility index (Phi) is 5.34. The average molecular weight is 223 g/mol. The van der Waals surface area contributed by atoms with Gasteiger partial charge in [-0.15, -0.1) is 6.42 Å². The molecule has 0 spiro atoms. The first-order valence-electron chi connectivity index (χ1n) is 6.06. The van der Waals surface area contributed by atoms with Crippen LogP contribution < -0.4 is 0 Å². The number of aliphatic carboxylic acids is 1. The molecule has 0 aliphatic heterocycles. The molecule has 0 aromatic rings. The molecule has 90 valence electrons. The van der Waals surface area contributed by atoms with Gasteiger partial charge in [-0.25, -0.2) is 0 Å². The maximum Gasteiger partial charge on any atom is 0.317 e. The summed E-state index contributed by atoms with van der Waals surface area (Å²) in [4.78, 5) is 12.7. The zero-order valence-electron chi connectivity index (χ0n) is 9.98. The third-order valence-electron chi connectivity index (χ3n) is 3.54. The molecule has 0 amide bonds. The van der Waals surface area contributed by atoms with Crippen LogP contribution in [0.1, 0.15) is 39.0 Å². The number of hydrogen-bond donors (Lipinski definition) is 1. The van der Waals surface area contributed by atoms with Crippen molar-refractivity contribution in [3.05, 3.63) is 0 Å². The minimum atomic E-state index is -0.784. The van der Waals surface area contributed by atoms with Crippen LogP contribution in [0.15, 0.2) is 0 Å². The Bertz CT molecular complexity index is 262. The van der Waals surface area contributed by atoms with Crippen LogP contribution in [0, 0.1) is 18.3 Å². The van der Waals surface area contributed by atoms with Crippen LogP contribution in [0.25, 0.3) is 0 Å². The highest BCUT2D eigenvalue weighted by Gasteiger charge is 2.25. The molecule has 0 aromatic carbocycles. The number of hydrogen-bond acceptors (Lipinski definition) is 2. The highest BCUT2D eigenvalue weighted by molar-refractivity contribution is 5.69. The second-order valence-corrected chi connectivity index (χ2v) is 4.59. The maximum absolute atomic E-state index is 10.7. The third-order valence-corrected chi connectivity index (χ3v) is 3.54. The molecule has 0 saturated heterocycles. The molecule has 1 N–H and O–H groups in total. The van der Waals surface area contributed by atoms with Crippen molar-refractivity contribution in [2.75, 3.05) is 13.1 Å². The molecule has 0 radical (unpaired) electrons. The van der Waals surface area contributed by atoms with E-state index in [1.165, 1.54) is 19.3 Å². The Hall–Kier alpha value is -1.01. The van der Waals surface area contributed by atoms with Crippen molar-refractivity contribution >= 4 is 5.97 Å². The van der Waals surface area contributed by atoms with Crippen molar-refractivity contribution < 1.29 is 9.90 Å². The van der Waals surface area contributed by atoms with Crippen molar-refractivity contribution in [3.63, 3.8) is 0 Å². The molecule has 3 nitrogen and oxygen atoms in total. The van der Waals surface area contributed by atoms with Crippen LogP contribution >= 0.6 is 0 Å².